The molecule has 1 unspecified atom stereocenters. The number of aliphatic carboxylic acids is 1. The predicted molar refractivity (Wildman–Crippen MR) is 81.6 cm³/mol. The van der Waals surface area contributed by atoms with Crippen LogP contribution in [0.1, 0.15) is 38.2 Å². The van der Waals surface area contributed by atoms with Crippen LogP contribution in [0.25, 0.3) is 0 Å². The van der Waals surface area contributed by atoms with Crippen molar-refractivity contribution < 1.29 is 14.7 Å². The fourth-order valence-electron chi connectivity index (χ4n) is 2.03. The summed E-state index contributed by atoms with van der Waals surface area (Å²) in [4.78, 5) is 22.6. The molecule has 2 N–H and O–H groups in total. The van der Waals surface area contributed by atoms with E-state index in [1.807, 2.05) is 31.2 Å². The van der Waals surface area contributed by atoms with Gasteiger partial charge in [-0.1, -0.05) is 41.4 Å². The number of halogens is 1. The maximum Gasteiger partial charge on any atom is 0.305 e. The van der Waals surface area contributed by atoms with Crippen molar-refractivity contribution in [2.75, 3.05) is 0 Å². The van der Waals surface area contributed by atoms with Gasteiger partial charge in [-0.15, -0.1) is 0 Å². The van der Waals surface area contributed by atoms with Gasteiger partial charge in [0, 0.05) is 16.9 Å². The van der Waals surface area contributed by atoms with Gasteiger partial charge in [-0.2, -0.15) is 0 Å². The second-order valence-electron chi connectivity index (χ2n) is 4.78. The standard InChI is InChI=1S/C15H20BrNO3/c1-2-4-13(10-15(19)20)17-14(18)8-7-11-5-3-6-12(16)9-11/h3,5-6,9,13H,2,4,7-8,10H2,1H3,(H,17,18)(H,19,20). The van der Waals surface area contributed by atoms with Crippen LogP contribution in [-0.4, -0.2) is 23.0 Å². The van der Waals surface area contributed by atoms with Crippen LogP contribution in [0.3, 0.4) is 0 Å². The van der Waals surface area contributed by atoms with Crippen LogP contribution in [0.15, 0.2) is 28.7 Å². The van der Waals surface area contributed by atoms with Gasteiger partial charge in [0.2, 0.25) is 5.91 Å². The molecule has 0 aromatic heterocycles. The van der Waals surface area contributed by atoms with Crippen molar-refractivity contribution in [1.82, 2.24) is 5.32 Å². The van der Waals surface area contributed by atoms with Crippen LogP contribution in [0.2, 0.25) is 0 Å². The molecule has 0 aliphatic heterocycles. The molecule has 5 heteroatoms. The fraction of sp³-hybridized carbons (Fsp3) is 0.467. The van der Waals surface area contributed by atoms with E-state index in [-0.39, 0.29) is 18.4 Å². The Bertz CT molecular complexity index is 462. The SMILES string of the molecule is CCCC(CC(=O)O)NC(=O)CCc1cccc(Br)c1. The Morgan fingerprint density at radius 3 is 2.75 bits per heavy atom. The molecule has 1 aromatic carbocycles. The minimum Gasteiger partial charge on any atom is -0.481 e. The minimum absolute atomic E-state index is 0.0174. The van der Waals surface area contributed by atoms with E-state index in [2.05, 4.69) is 21.2 Å². The van der Waals surface area contributed by atoms with E-state index in [1.54, 1.807) is 0 Å². The van der Waals surface area contributed by atoms with E-state index in [0.717, 1.165) is 16.5 Å². The number of carboxylic acids is 1. The Morgan fingerprint density at radius 2 is 2.15 bits per heavy atom. The van der Waals surface area contributed by atoms with Crippen LogP contribution in [0.4, 0.5) is 0 Å². The Kier molecular flexibility index (Phi) is 7.30. The zero-order valence-corrected chi connectivity index (χ0v) is 13.1. The monoisotopic (exact) mass is 341 g/mol. The van der Waals surface area contributed by atoms with Gasteiger partial charge < -0.3 is 10.4 Å². The Balaban J connectivity index is 2.43. The van der Waals surface area contributed by atoms with Gasteiger partial charge in [0.15, 0.2) is 0 Å². The molecule has 0 aliphatic carbocycles. The lowest BCUT2D eigenvalue weighted by atomic mass is 10.1. The third-order valence-corrected chi connectivity index (χ3v) is 3.45. The van der Waals surface area contributed by atoms with Crippen molar-refractivity contribution in [1.29, 1.82) is 0 Å². The highest BCUT2D eigenvalue weighted by Gasteiger charge is 2.14. The average Bonchev–Trinajstić information content (AvgIpc) is 2.36. The van der Waals surface area contributed by atoms with Gasteiger partial charge >= 0.3 is 5.97 Å². The molecule has 1 amide bonds. The summed E-state index contributed by atoms with van der Waals surface area (Å²) in [6, 6.07) is 7.55. The van der Waals surface area contributed by atoms with Crippen LogP contribution in [0, 0.1) is 0 Å². The molecule has 20 heavy (non-hydrogen) atoms. The van der Waals surface area contributed by atoms with Gasteiger partial charge in [0.05, 0.1) is 6.42 Å². The Hall–Kier alpha value is -1.36. The van der Waals surface area contributed by atoms with E-state index in [0.29, 0.717) is 19.3 Å². The number of carbonyl (C=O) groups excluding carboxylic acids is 1. The zero-order valence-electron chi connectivity index (χ0n) is 11.6. The van der Waals surface area contributed by atoms with E-state index in [1.165, 1.54) is 0 Å². The highest BCUT2D eigenvalue weighted by atomic mass is 79.9. The first-order valence-corrected chi connectivity index (χ1v) is 7.56. The molecular weight excluding hydrogens is 322 g/mol. The summed E-state index contributed by atoms with van der Waals surface area (Å²) in [7, 11) is 0. The summed E-state index contributed by atoms with van der Waals surface area (Å²) in [5.74, 6) is -0.972. The quantitative estimate of drug-likeness (QED) is 0.763. The normalized spacial score (nSPS) is 11.9. The third kappa shape index (κ3) is 6.70. The first-order chi connectivity index (χ1) is 9.51. The third-order valence-electron chi connectivity index (χ3n) is 2.95. The molecule has 0 radical (unpaired) electrons. The molecule has 0 saturated heterocycles. The molecule has 0 bridgehead atoms. The lowest BCUT2D eigenvalue weighted by molar-refractivity contribution is -0.137. The molecule has 1 rings (SSSR count). The smallest absolute Gasteiger partial charge is 0.305 e. The Morgan fingerprint density at radius 1 is 1.40 bits per heavy atom. The van der Waals surface area contributed by atoms with Gasteiger partial charge in [-0.3, -0.25) is 9.59 Å². The molecule has 1 aromatic rings. The lowest BCUT2D eigenvalue weighted by Gasteiger charge is -2.16. The lowest BCUT2D eigenvalue weighted by Crippen LogP contribution is -2.36. The maximum atomic E-state index is 11.9. The first kappa shape index (κ1) is 16.7. The zero-order chi connectivity index (χ0) is 15.0. The molecule has 0 aliphatic rings. The summed E-state index contributed by atoms with van der Waals surface area (Å²) < 4.78 is 0.991. The summed E-state index contributed by atoms with van der Waals surface area (Å²) in [6.07, 6.45) is 2.54. The van der Waals surface area contributed by atoms with E-state index < -0.39 is 5.97 Å². The molecule has 0 saturated carbocycles. The molecule has 1 atom stereocenters. The summed E-state index contributed by atoms with van der Waals surface area (Å²) >= 11 is 3.39. The summed E-state index contributed by atoms with van der Waals surface area (Å²) in [6.45, 7) is 1.97. The predicted octanol–water partition coefficient (Wildman–Crippen LogP) is 3.14. The Labute approximate surface area is 127 Å². The van der Waals surface area contributed by atoms with Gasteiger partial charge in [0.1, 0.15) is 0 Å². The fourth-order valence-corrected chi connectivity index (χ4v) is 2.48. The van der Waals surface area contributed by atoms with Crippen LogP contribution >= 0.6 is 15.9 Å². The molecular formula is C15H20BrNO3. The minimum atomic E-state index is -0.879. The topological polar surface area (TPSA) is 66.4 Å². The molecule has 0 spiro atoms. The van der Waals surface area contributed by atoms with Gasteiger partial charge in [-0.05, 0) is 30.5 Å². The second kappa shape index (κ2) is 8.74. The number of aryl methyl sites for hydroxylation is 1. The van der Waals surface area contributed by atoms with Crippen LogP contribution in [0.5, 0.6) is 0 Å². The van der Waals surface area contributed by atoms with E-state index in [9.17, 15) is 9.59 Å². The number of nitrogens with one attached hydrogen (secondary N) is 1. The van der Waals surface area contributed by atoms with Crippen LogP contribution in [-0.2, 0) is 16.0 Å². The summed E-state index contributed by atoms with van der Waals surface area (Å²) in [5, 5.41) is 11.6. The number of carboxylic acid groups (broad SMARTS) is 1. The van der Waals surface area contributed by atoms with Crippen molar-refractivity contribution in [3.8, 4) is 0 Å². The van der Waals surface area contributed by atoms with E-state index >= 15 is 0 Å². The molecule has 0 heterocycles. The largest absolute Gasteiger partial charge is 0.481 e. The first-order valence-electron chi connectivity index (χ1n) is 6.77. The number of benzene rings is 1. The highest BCUT2D eigenvalue weighted by Crippen LogP contribution is 2.13. The average molecular weight is 342 g/mol. The molecule has 4 nitrogen and oxygen atoms in total. The van der Waals surface area contributed by atoms with Crippen LogP contribution < -0.4 is 5.32 Å². The van der Waals surface area contributed by atoms with E-state index in [4.69, 9.17) is 5.11 Å². The molecule has 0 fully saturated rings. The maximum absolute atomic E-state index is 11.9. The van der Waals surface area contributed by atoms with Gasteiger partial charge in [0.25, 0.3) is 0 Å². The van der Waals surface area contributed by atoms with Crippen molar-refractivity contribution in [2.45, 2.75) is 45.1 Å². The molecule has 110 valence electrons. The van der Waals surface area contributed by atoms with Crippen molar-refractivity contribution in [3.63, 3.8) is 0 Å². The number of hydrogen-bond acceptors (Lipinski definition) is 2. The number of amides is 1. The number of rotatable bonds is 8. The number of carbonyl (C=O) groups is 2. The number of hydrogen-bond donors (Lipinski definition) is 2. The second-order valence-corrected chi connectivity index (χ2v) is 5.70. The summed E-state index contributed by atoms with van der Waals surface area (Å²) in [5.41, 5.74) is 1.08. The van der Waals surface area contributed by atoms with Gasteiger partial charge in [-0.25, -0.2) is 0 Å². The van der Waals surface area contributed by atoms with Crippen molar-refractivity contribution in [2.24, 2.45) is 0 Å². The van der Waals surface area contributed by atoms with Crippen molar-refractivity contribution in [3.05, 3.63) is 34.3 Å². The highest BCUT2D eigenvalue weighted by molar-refractivity contribution is 9.10. The van der Waals surface area contributed by atoms with Crippen molar-refractivity contribution >= 4 is 27.8 Å².